The number of carbonyl (C=O) groups excluding carboxylic acids is 1. The Morgan fingerprint density at radius 3 is 2.45 bits per heavy atom. The zero-order valence-electron chi connectivity index (χ0n) is 17.6. The normalized spacial score (nSPS) is 20.4. The first-order valence-electron chi connectivity index (χ1n) is 11.1. The number of hydrogen-bond donors (Lipinski definition) is 1. The molecule has 1 unspecified atom stereocenters. The molecule has 1 N–H and O–H groups in total. The molecule has 7 nitrogen and oxygen atoms in total. The summed E-state index contributed by atoms with van der Waals surface area (Å²) in [5, 5.41) is 0. The maximum absolute atomic E-state index is 12.5. The number of fused-ring (bicyclic) bond motifs is 1. The van der Waals surface area contributed by atoms with Gasteiger partial charge in [0.25, 0.3) is 0 Å². The van der Waals surface area contributed by atoms with Crippen LogP contribution in [0.15, 0.2) is 59.4 Å². The van der Waals surface area contributed by atoms with Crippen LogP contribution < -0.4 is 5.69 Å². The summed E-state index contributed by atoms with van der Waals surface area (Å²) in [7, 11) is 0. The topological polar surface area (TPSA) is 70.6 Å². The van der Waals surface area contributed by atoms with E-state index in [4.69, 9.17) is 4.74 Å². The van der Waals surface area contributed by atoms with Crippen LogP contribution in [0.2, 0.25) is 0 Å². The number of aromatic nitrogens is 2. The lowest BCUT2D eigenvalue weighted by molar-refractivity contribution is 0.0959. The van der Waals surface area contributed by atoms with Gasteiger partial charge in [-0.15, -0.1) is 0 Å². The molecule has 5 rings (SSSR count). The van der Waals surface area contributed by atoms with Crippen molar-refractivity contribution in [2.24, 2.45) is 0 Å². The number of H-pyrrole nitrogens is 1. The molecule has 1 atom stereocenters. The van der Waals surface area contributed by atoms with Crippen LogP contribution in [0, 0.1) is 0 Å². The fourth-order valence-electron chi connectivity index (χ4n) is 4.96. The first-order chi connectivity index (χ1) is 15.2. The van der Waals surface area contributed by atoms with Gasteiger partial charge in [0, 0.05) is 38.3 Å². The van der Waals surface area contributed by atoms with Gasteiger partial charge in [0.15, 0.2) is 0 Å². The molecule has 0 spiro atoms. The minimum absolute atomic E-state index is 0.0205. The molecule has 2 aromatic carbocycles. The van der Waals surface area contributed by atoms with Crippen molar-refractivity contribution in [2.75, 3.05) is 26.2 Å². The van der Waals surface area contributed by atoms with Crippen LogP contribution >= 0.6 is 0 Å². The van der Waals surface area contributed by atoms with E-state index >= 15 is 0 Å². The predicted molar refractivity (Wildman–Crippen MR) is 119 cm³/mol. The second kappa shape index (κ2) is 8.59. The lowest BCUT2D eigenvalue weighted by atomic mass is 10.0. The number of para-hydroxylation sites is 2. The number of rotatable bonds is 4. The molecule has 0 saturated carbocycles. The summed E-state index contributed by atoms with van der Waals surface area (Å²) in [5.74, 6) is 0. The van der Waals surface area contributed by atoms with Gasteiger partial charge in [-0.2, -0.15) is 0 Å². The Morgan fingerprint density at radius 1 is 0.935 bits per heavy atom. The summed E-state index contributed by atoms with van der Waals surface area (Å²) in [5.41, 5.74) is 2.86. The number of likely N-dealkylation sites (tertiary alicyclic amines) is 2. The van der Waals surface area contributed by atoms with Gasteiger partial charge in [0.05, 0.1) is 11.0 Å². The smallest absolute Gasteiger partial charge is 0.410 e. The highest BCUT2D eigenvalue weighted by Crippen LogP contribution is 2.28. The summed E-state index contributed by atoms with van der Waals surface area (Å²) in [4.78, 5) is 32.2. The van der Waals surface area contributed by atoms with Crippen molar-refractivity contribution in [1.29, 1.82) is 0 Å². The van der Waals surface area contributed by atoms with Crippen LogP contribution in [0.4, 0.5) is 4.79 Å². The number of amides is 1. The molecule has 2 aliphatic rings. The molecule has 1 aromatic heterocycles. The third-order valence-electron chi connectivity index (χ3n) is 6.63. The average molecular weight is 421 g/mol. The zero-order valence-corrected chi connectivity index (χ0v) is 17.6. The molecular weight excluding hydrogens is 392 g/mol. The van der Waals surface area contributed by atoms with Gasteiger partial charge in [0.2, 0.25) is 0 Å². The summed E-state index contributed by atoms with van der Waals surface area (Å²) < 4.78 is 7.42. The van der Waals surface area contributed by atoms with Gasteiger partial charge in [-0.05, 0) is 37.0 Å². The van der Waals surface area contributed by atoms with Crippen LogP contribution in [0.1, 0.15) is 30.9 Å². The fourth-order valence-corrected chi connectivity index (χ4v) is 4.96. The summed E-state index contributed by atoms with van der Waals surface area (Å²) in [6, 6.07) is 18.2. The van der Waals surface area contributed by atoms with E-state index in [0.717, 1.165) is 55.5 Å². The van der Waals surface area contributed by atoms with Crippen LogP contribution in [0.3, 0.4) is 0 Å². The molecular formula is C24H28N4O3. The third kappa shape index (κ3) is 4.10. The molecule has 0 aliphatic carbocycles. The van der Waals surface area contributed by atoms with Crippen LogP contribution in [-0.2, 0) is 11.3 Å². The van der Waals surface area contributed by atoms with Gasteiger partial charge in [-0.25, -0.2) is 9.59 Å². The Labute approximate surface area is 181 Å². The Bertz CT molecular complexity index is 1100. The van der Waals surface area contributed by atoms with E-state index in [1.54, 1.807) is 0 Å². The minimum atomic E-state index is -0.230. The van der Waals surface area contributed by atoms with Gasteiger partial charge < -0.3 is 14.6 Å². The minimum Gasteiger partial charge on any atom is -0.445 e. The molecule has 162 valence electrons. The zero-order chi connectivity index (χ0) is 21.2. The maximum atomic E-state index is 12.5. The van der Waals surface area contributed by atoms with E-state index in [1.165, 1.54) is 0 Å². The van der Waals surface area contributed by atoms with Gasteiger partial charge in [-0.1, -0.05) is 42.5 Å². The van der Waals surface area contributed by atoms with E-state index in [9.17, 15) is 9.59 Å². The molecule has 0 radical (unpaired) electrons. The Balaban J connectivity index is 1.15. The Hall–Kier alpha value is -3.06. The Morgan fingerprint density at radius 2 is 1.65 bits per heavy atom. The van der Waals surface area contributed by atoms with Crippen LogP contribution in [-0.4, -0.2) is 57.7 Å². The second-order valence-corrected chi connectivity index (χ2v) is 8.51. The molecule has 2 saturated heterocycles. The van der Waals surface area contributed by atoms with E-state index < -0.39 is 0 Å². The summed E-state index contributed by atoms with van der Waals surface area (Å²) >= 11 is 0. The highest BCUT2D eigenvalue weighted by Gasteiger charge is 2.34. The Kier molecular flexibility index (Phi) is 5.51. The second-order valence-electron chi connectivity index (χ2n) is 8.51. The number of piperidine rings is 1. The SMILES string of the molecule is O=C(OCc1ccccc1)N1CCC(N2CCC(n3c(=O)[nH]c4ccccc43)CC2)C1. The number of carbonyl (C=O) groups is 1. The molecule has 31 heavy (non-hydrogen) atoms. The number of nitrogens with one attached hydrogen (secondary N) is 1. The van der Waals surface area contributed by atoms with E-state index in [1.807, 2.05) is 64.1 Å². The highest BCUT2D eigenvalue weighted by atomic mass is 16.6. The van der Waals surface area contributed by atoms with Crippen molar-refractivity contribution in [3.8, 4) is 0 Å². The number of imidazole rings is 1. The number of nitrogens with zero attached hydrogens (tertiary/aromatic N) is 3. The first-order valence-corrected chi connectivity index (χ1v) is 11.1. The average Bonchev–Trinajstić information content (AvgIpc) is 3.43. The van der Waals surface area contributed by atoms with Gasteiger partial charge in [0.1, 0.15) is 6.61 Å². The van der Waals surface area contributed by atoms with E-state index in [2.05, 4.69) is 9.88 Å². The number of hydrogen-bond acceptors (Lipinski definition) is 4. The van der Waals surface area contributed by atoms with Crippen molar-refractivity contribution in [1.82, 2.24) is 19.4 Å². The lowest BCUT2D eigenvalue weighted by Crippen LogP contribution is -2.44. The highest BCUT2D eigenvalue weighted by molar-refractivity contribution is 5.75. The standard InChI is InChI=1S/C24H28N4O3/c29-23-25-21-8-4-5-9-22(21)28(23)19-10-13-26(14-11-19)20-12-15-27(16-20)24(30)31-17-18-6-2-1-3-7-18/h1-9,19-20H,10-17H2,(H,25,29). The fraction of sp³-hybridized carbons (Fsp3) is 0.417. The van der Waals surface area contributed by atoms with Gasteiger partial charge >= 0.3 is 11.8 Å². The molecule has 3 aromatic rings. The number of benzene rings is 2. The lowest BCUT2D eigenvalue weighted by Gasteiger charge is -2.36. The molecule has 7 heteroatoms. The quantitative estimate of drug-likeness (QED) is 0.703. The molecule has 2 fully saturated rings. The summed E-state index contributed by atoms with van der Waals surface area (Å²) in [6.07, 6.45) is 2.62. The molecule has 2 aliphatic heterocycles. The number of aromatic amines is 1. The number of ether oxygens (including phenoxy) is 1. The third-order valence-corrected chi connectivity index (χ3v) is 6.63. The van der Waals surface area contributed by atoms with Crippen molar-refractivity contribution in [3.63, 3.8) is 0 Å². The first kappa shape index (κ1) is 19.9. The largest absolute Gasteiger partial charge is 0.445 e. The van der Waals surface area contributed by atoms with Crippen molar-refractivity contribution in [2.45, 2.75) is 38.0 Å². The van der Waals surface area contributed by atoms with E-state index in [-0.39, 0.29) is 17.8 Å². The van der Waals surface area contributed by atoms with Crippen LogP contribution in [0.5, 0.6) is 0 Å². The van der Waals surface area contributed by atoms with Crippen molar-refractivity contribution in [3.05, 3.63) is 70.6 Å². The molecule has 0 bridgehead atoms. The summed E-state index contributed by atoms with van der Waals surface area (Å²) in [6.45, 7) is 3.64. The predicted octanol–water partition coefficient (Wildman–Crippen LogP) is 3.38. The van der Waals surface area contributed by atoms with Gasteiger partial charge in [-0.3, -0.25) is 9.47 Å². The van der Waals surface area contributed by atoms with E-state index in [0.29, 0.717) is 19.2 Å². The maximum Gasteiger partial charge on any atom is 0.410 e. The molecule has 1 amide bonds. The molecule has 3 heterocycles. The van der Waals surface area contributed by atoms with Crippen LogP contribution in [0.25, 0.3) is 11.0 Å². The van der Waals surface area contributed by atoms with Crippen molar-refractivity contribution < 1.29 is 9.53 Å². The monoisotopic (exact) mass is 420 g/mol. The van der Waals surface area contributed by atoms with Crippen molar-refractivity contribution >= 4 is 17.1 Å².